The summed E-state index contributed by atoms with van der Waals surface area (Å²) in [6, 6.07) is 11.9. The van der Waals surface area contributed by atoms with Crippen molar-refractivity contribution in [1.29, 1.82) is 0 Å². The van der Waals surface area contributed by atoms with Crippen LogP contribution in [0, 0.1) is 0 Å². The number of aromatic hydroxyl groups is 3. The summed E-state index contributed by atoms with van der Waals surface area (Å²) >= 11 is 0. The number of benzene rings is 3. The lowest BCUT2D eigenvalue weighted by atomic mass is 9.78. The van der Waals surface area contributed by atoms with E-state index in [1.807, 2.05) is 36.4 Å². The highest BCUT2D eigenvalue weighted by molar-refractivity contribution is 5.58. The molecule has 298 valence electrons. The zero-order valence-electron chi connectivity index (χ0n) is 39.8. The van der Waals surface area contributed by atoms with Gasteiger partial charge in [-0.25, -0.2) is 0 Å². The summed E-state index contributed by atoms with van der Waals surface area (Å²) in [6.45, 7) is 36.2. The summed E-state index contributed by atoms with van der Waals surface area (Å²) in [6.07, 6.45) is -1.78. The molecule has 0 bridgehead atoms. The lowest BCUT2D eigenvalue weighted by Gasteiger charge is -2.42. The lowest BCUT2D eigenvalue weighted by Crippen LogP contribution is -2.51. The Morgan fingerprint density at radius 2 is 0.815 bits per heavy atom. The van der Waals surface area contributed by atoms with Gasteiger partial charge in [0.2, 0.25) is 0 Å². The second-order valence-electron chi connectivity index (χ2n) is 21.8. The smallest absolute Gasteiger partial charge is 0.123 e. The van der Waals surface area contributed by atoms with E-state index in [2.05, 4.69) is 130 Å². The van der Waals surface area contributed by atoms with Crippen LogP contribution in [0.15, 0.2) is 41.4 Å². The van der Waals surface area contributed by atoms with Crippen LogP contribution in [0.3, 0.4) is 0 Å². The molecule has 1 aliphatic heterocycles. The quantitative estimate of drug-likeness (QED) is 0.234. The molecular weight excluding hydrogens is 667 g/mol. The largest absolute Gasteiger partial charge is 0.507 e. The van der Waals surface area contributed by atoms with Crippen LogP contribution in [0.4, 0.5) is 0 Å². The zero-order chi connectivity index (χ0) is 43.8. The van der Waals surface area contributed by atoms with Gasteiger partial charge in [0.15, 0.2) is 0 Å². The number of phenols is 3. The molecule has 3 N–H and O–H groups in total. The van der Waals surface area contributed by atoms with E-state index in [1.54, 1.807) is 9.80 Å². The number of amidine groups is 1. The molecule has 4 rings (SSSR count). The third kappa shape index (κ3) is 9.64. The predicted octanol–water partition coefficient (Wildman–Crippen LogP) is 11.5. The van der Waals surface area contributed by atoms with E-state index >= 15 is 0 Å². The molecule has 0 aliphatic carbocycles. The summed E-state index contributed by atoms with van der Waals surface area (Å²) in [5, 5.41) is 34.8. The molecule has 0 fully saturated rings. The van der Waals surface area contributed by atoms with Crippen molar-refractivity contribution in [3.63, 3.8) is 0 Å². The van der Waals surface area contributed by atoms with Gasteiger partial charge < -0.3 is 20.2 Å². The topological polar surface area (TPSA) is 79.5 Å². The number of phenolic OH excluding ortho intramolecular Hbond substituents is 3. The fourth-order valence-electron chi connectivity index (χ4n) is 7.26. The van der Waals surface area contributed by atoms with Gasteiger partial charge in [-0.3, -0.25) is 9.89 Å². The van der Waals surface area contributed by atoms with Crippen molar-refractivity contribution < 1.29 is 19.4 Å². The summed E-state index contributed by atoms with van der Waals surface area (Å²) < 4.78 is 29.5. The molecule has 2 unspecified atom stereocenters. The third-order valence-corrected chi connectivity index (χ3v) is 10.4. The Labute approximate surface area is 333 Å². The summed E-state index contributed by atoms with van der Waals surface area (Å²) in [7, 11) is 0. The predicted molar refractivity (Wildman–Crippen MR) is 228 cm³/mol. The highest BCUT2D eigenvalue weighted by atomic mass is 16.3. The van der Waals surface area contributed by atoms with Crippen LogP contribution in [-0.4, -0.2) is 44.2 Å². The number of nitrogens with zero attached hydrogens (tertiary/aromatic N) is 3. The number of rotatable bonds is 6. The fourth-order valence-corrected chi connectivity index (χ4v) is 7.26. The second-order valence-corrected chi connectivity index (χ2v) is 21.8. The molecule has 3 aromatic rings. The van der Waals surface area contributed by atoms with Gasteiger partial charge in [0, 0.05) is 19.5 Å². The van der Waals surface area contributed by atoms with Gasteiger partial charge in [-0.15, -0.1) is 0 Å². The molecule has 54 heavy (non-hydrogen) atoms. The van der Waals surface area contributed by atoms with E-state index in [0.717, 1.165) is 50.1 Å². The molecule has 1 aliphatic rings. The van der Waals surface area contributed by atoms with Crippen molar-refractivity contribution in [2.45, 2.75) is 183 Å². The molecule has 0 spiro atoms. The van der Waals surface area contributed by atoms with Gasteiger partial charge in [0.25, 0.3) is 0 Å². The molecule has 0 radical (unpaired) electrons. The minimum atomic E-state index is -1.71. The van der Waals surface area contributed by atoms with Crippen molar-refractivity contribution >= 4 is 6.31 Å². The molecule has 2 atom stereocenters. The maximum absolute atomic E-state index is 11.7. The number of hydrogen-bond donors (Lipinski definition) is 3. The summed E-state index contributed by atoms with van der Waals surface area (Å²) in [5.41, 5.74) is 4.83. The van der Waals surface area contributed by atoms with Crippen molar-refractivity contribution in [3.05, 3.63) is 86.5 Å². The first-order valence-electron chi connectivity index (χ1n) is 21.2. The highest BCUT2D eigenvalue weighted by Crippen LogP contribution is 2.43. The Bertz CT molecular complexity index is 1910. The van der Waals surface area contributed by atoms with E-state index in [-0.39, 0.29) is 64.7 Å². The van der Waals surface area contributed by atoms with Crippen LogP contribution < -0.4 is 0 Å². The molecule has 0 amide bonds. The zero-order valence-corrected chi connectivity index (χ0v) is 36.8. The van der Waals surface area contributed by atoms with Gasteiger partial charge in [0.1, 0.15) is 18.6 Å². The molecule has 0 aromatic heterocycles. The van der Waals surface area contributed by atoms with Gasteiger partial charge in [0.05, 0.1) is 21.8 Å². The molecule has 6 nitrogen and oxygen atoms in total. The van der Waals surface area contributed by atoms with Crippen LogP contribution >= 0.6 is 0 Å². The van der Waals surface area contributed by atoms with Gasteiger partial charge in [-0.2, -0.15) is 0 Å². The molecule has 3 aromatic carbocycles. The minimum Gasteiger partial charge on any atom is -0.507 e. The Morgan fingerprint density at radius 1 is 0.537 bits per heavy atom. The van der Waals surface area contributed by atoms with Crippen molar-refractivity contribution in [3.8, 4) is 17.2 Å². The normalized spacial score (nSPS) is 20.4. The molecule has 0 saturated carbocycles. The summed E-state index contributed by atoms with van der Waals surface area (Å²) in [5.74, 6) is 0.765. The van der Waals surface area contributed by atoms with Crippen molar-refractivity contribution in [2.75, 3.05) is 6.64 Å². The van der Waals surface area contributed by atoms with Crippen LogP contribution in [0.1, 0.15) is 179 Å². The van der Waals surface area contributed by atoms with Gasteiger partial charge >= 0.3 is 0 Å². The Balaban J connectivity index is 2.06. The van der Waals surface area contributed by atoms with E-state index < -0.39 is 23.6 Å². The Kier molecular flexibility index (Phi) is 10.4. The monoisotopic (exact) mass is 743 g/mol. The van der Waals surface area contributed by atoms with E-state index in [1.165, 1.54) is 0 Å². The lowest BCUT2D eigenvalue weighted by molar-refractivity contribution is 0.0712. The Morgan fingerprint density at radius 3 is 1.11 bits per heavy atom. The van der Waals surface area contributed by atoms with E-state index in [4.69, 9.17) is 0 Å². The van der Waals surface area contributed by atoms with Crippen LogP contribution in [0.25, 0.3) is 0 Å². The van der Waals surface area contributed by atoms with Crippen molar-refractivity contribution in [1.82, 2.24) is 9.80 Å². The molecule has 6 heteroatoms. The first-order chi connectivity index (χ1) is 25.5. The van der Waals surface area contributed by atoms with Crippen molar-refractivity contribution in [2.24, 2.45) is 4.99 Å². The third-order valence-electron chi connectivity index (χ3n) is 10.4. The highest BCUT2D eigenvalue weighted by Gasteiger charge is 2.34. The molecule has 1 heterocycles. The SMILES string of the molecule is [2H]C1=NC([2H])N(Cc2cc(C(C)(C)C)c(O)c(C(C)(C)C)c2)C([2H])(Cc2cc(C(C)(C)C)c(O)c(C(C)(C)C)c2)N1Cc1cc(C(C)(C)C)c(O)c(C(C)(C)C)c1. The average molecular weight is 743 g/mol. The maximum atomic E-state index is 11.7. The second kappa shape index (κ2) is 14.5. The molecule has 0 saturated heterocycles. The van der Waals surface area contributed by atoms with E-state index in [0.29, 0.717) is 0 Å². The molecular formula is C48H73N3O3. The number of aliphatic imine (C=N–C) groups is 1. The first kappa shape index (κ1) is 38.8. The number of hydrogen-bond acceptors (Lipinski definition) is 6. The Hall–Kier alpha value is -3.51. The van der Waals surface area contributed by atoms with Crippen LogP contribution in [0.5, 0.6) is 17.2 Å². The van der Waals surface area contributed by atoms with Gasteiger partial charge in [-0.05, 0) is 94.7 Å². The standard InChI is InChI=1S/C48H73N3O3/c1-43(2,3)33-19-30(20-34(40(33)52)44(4,5)6)25-39-50(26-31-21-35(45(7,8)9)41(53)36(22-31)46(10,11)12)28-49-29-51(39)27-32-23-37(47(13,14)15)42(54)38(24-32)48(16,17)18/h19-24,28,39,52-54H,25-27,29H2,1-18H3/i28D,29D,39D. The first-order valence-corrected chi connectivity index (χ1v) is 19.6. The maximum Gasteiger partial charge on any atom is 0.123 e. The average Bonchev–Trinajstić information content (AvgIpc) is 3.00. The van der Waals surface area contributed by atoms with Crippen LogP contribution in [0.2, 0.25) is 0 Å². The van der Waals surface area contributed by atoms with E-state index in [9.17, 15) is 19.4 Å². The fraction of sp³-hybridized carbons (Fsp3) is 0.604. The summed E-state index contributed by atoms with van der Waals surface area (Å²) in [4.78, 5) is 7.99. The van der Waals surface area contributed by atoms with Crippen LogP contribution in [-0.2, 0) is 52.0 Å². The van der Waals surface area contributed by atoms with Gasteiger partial charge in [-0.1, -0.05) is 149 Å². The minimum absolute atomic E-state index is 0.0966.